The van der Waals surface area contributed by atoms with E-state index in [0.717, 1.165) is 45.3 Å². The molecule has 0 aromatic rings. The van der Waals surface area contributed by atoms with Crippen molar-refractivity contribution in [3.8, 4) is 0 Å². The number of ether oxygens (including phenoxy) is 4. The molecule has 0 aromatic heterocycles. The molecule has 1 aliphatic rings. The number of carbonyl (C=O) groups is 2. The Labute approximate surface area is 378 Å². The van der Waals surface area contributed by atoms with Crippen molar-refractivity contribution >= 4 is 50.7 Å². The normalized spacial score (nSPS) is 17.1. The van der Waals surface area contributed by atoms with Crippen LogP contribution in [0.3, 0.4) is 0 Å². The minimum Gasteiger partial charge on any atom is -0.344 e. The Hall–Kier alpha value is 0.420. The molecule has 4 unspecified atom stereocenters. The summed E-state index contributed by atoms with van der Waals surface area (Å²) < 4.78 is 46.4. The van der Waals surface area contributed by atoms with Gasteiger partial charge in [-0.2, -0.15) is 0 Å². The Kier molecular flexibility index (Phi) is 31.3. The molecular weight excluding hydrogens is 843 g/mol. The van der Waals surface area contributed by atoms with Crippen LogP contribution in [-0.2, 0) is 37.6 Å². The van der Waals surface area contributed by atoms with E-state index in [1.54, 1.807) is 0 Å². The summed E-state index contributed by atoms with van der Waals surface area (Å²) in [5.74, 6) is 0.657. The summed E-state index contributed by atoms with van der Waals surface area (Å²) in [6, 6.07) is 1.94. The smallest absolute Gasteiger partial charge is 0.194 e. The van der Waals surface area contributed by atoms with Gasteiger partial charge in [0, 0.05) is 67.2 Å². The molecule has 1 rings (SSSR count). The summed E-state index contributed by atoms with van der Waals surface area (Å²) >= 11 is 2.43. The van der Waals surface area contributed by atoms with E-state index in [1.165, 1.54) is 23.5 Å². The van der Waals surface area contributed by atoms with E-state index in [-0.39, 0.29) is 104 Å². The van der Waals surface area contributed by atoms with Crippen molar-refractivity contribution in [2.75, 3.05) is 79.8 Å². The van der Waals surface area contributed by atoms with Gasteiger partial charge in [-0.3, -0.25) is 9.59 Å². The maximum Gasteiger partial charge on any atom is 0.194 e. The first-order valence-corrected chi connectivity index (χ1v) is 26.5. The van der Waals surface area contributed by atoms with Crippen LogP contribution in [0.2, 0.25) is 0 Å². The first kappa shape index (κ1) is 58.4. The Morgan fingerprint density at radius 3 is 1.33 bits per heavy atom. The van der Waals surface area contributed by atoms with Crippen molar-refractivity contribution < 1.29 is 37.6 Å². The predicted octanol–water partition coefficient (Wildman–Crippen LogP) is 9.31. The van der Waals surface area contributed by atoms with Crippen molar-refractivity contribution in [2.45, 2.75) is 177 Å². The second-order valence-corrected chi connectivity index (χ2v) is 23.0. The standard InChI is InChI=1S/C42H88N6O8P2S2/c1-32(2)45(33(3)4)57(55-28-51-26-53-30-59-41(49)22-23-43(15)16)47(36(9)10)38(13)18-19-39(14)48(37(11)12)58(46(34(5)6)35(7)8)56-29-52-27-54-31-60-42(50)40-20-24-44(17)25-21-40/h32-40H,18-31H2,1-17H3. The minimum atomic E-state index is -1.18. The van der Waals surface area contributed by atoms with Crippen LogP contribution in [0.15, 0.2) is 0 Å². The number of likely N-dealkylation sites (tertiary alicyclic amines) is 1. The number of carbonyl (C=O) groups excluding carboxylic acids is 2. The van der Waals surface area contributed by atoms with Gasteiger partial charge < -0.3 is 37.8 Å². The molecule has 1 fully saturated rings. The van der Waals surface area contributed by atoms with E-state index in [2.05, 4.69) is 128 Å². The molecule has 356 valence electrons. The monoisotopic (exact) mass is 931 g/mol. The lowest BCUT2D eigenvalue weighted by molar-refractivity contribution is -0.116. The molecule has 1 saturated heterocycles. The molecule has 0 spiro atoms. The van der Waals surface area contributed by atoms with E-state index in [9.17, 15) is 9.59 Å². The van der Waals surface area contributed by atoms with Crippen LogP contribution in [0, 0.1) is 5.92 Å². The fourth-order valence-electron chi connectivity index (χ4n) is 7.36. The summed E-state index contributed by atoms with van der Waals surface area (Å²) in [6.45, 7) is 34.5. The van der Waals surface area contributed by atoms with E-state index >= 15 is 0 Å². The number of hydrogen-bond donors (Lipinski definition) is 0. The minimum absolute atomic E-state index is 0.0614. The summed E-state index contributed by atoms with van der Waals surface area (Å²) in [4.78, 5) is 29.0. The van der Waals surface area contributed by atoms with Gasteiger partial charge >= 0.3 is 0 Å². The summed E-state index contributed by atoms with van der Waals surface area (Å²) in [7, 11) is 3.65. The van der Waals surface area contributed by atoms with Crippen molar-refractivity contribution in [3.63, 3.8) is 0 Å². The molecule has 60 heavy (non-hydrogen) atoms. The number of piperidine rings is 1. The highest BCUT2D eigenvalue weighted by molar-refractivity contribution is 8.13. The summed E-state index contributed by atoms with van der Waals surface area (Å²) in [5, 5.41) is 0.327. The molecule has 18 heteroatoms. The fourth-order valence-corrected chi connectivity index (χ4v) is 13.2. The van der Waals surface area contributed by atoms with Crippen molar-refractivity contribution in [1.82, 2.24) is 28.5 Å². The zero-order valence-corrected chi connectivity index (χ0v) is 44.2. The maximum atomic E-state index is 12.7. The number of thioether (sulfide) groups is 2. The fraction of sp³-hybridized carbons (Fsp3) is 0.952. The molecule has 0 N–H and O–H groups in total. The molecule has 0 aromatic carbocycles. The van der Waals surface area contributed by atoms with Crippen LogP contribution in [0.1, 0.15) is 129 Å². The summed E-state index contributed by atoms with van der Waals surface area (Å²) in [5.41, 5.74) is 0. The van der Waals surface area contributed by atoms with Gasteiger partial charge in [0.1, 0.15) is 11.9 Å². The van der Waals surface area contributed by atoms with Crippen LogP contribution in [0.25, 0.3) is 0 Å². The molecule has 1 heterocycles. The van der Waals surface area contributed by atoms with Gasteiger partial charge in [0.25, 0.3) is 0 Å². The van der Waals surface area contributed by atoms with Crippen LogP contribution in [-0.4, -0.2) is 167 Å². The first-order chi connectivity index (χ1) is 28.2. The zero-order valence-electron chi connectivity index (χ0n) is 40.8. The van der Waals surface area contributed by atoms with Gasteiger partial charge in [0.15, 0.2) is 54.3 Å². The lowest BCUT2D eigenvalue weighted by Gasteiger charge is -2.47. The van der Waals surface area contributed by atoms with Crippen molar-refractivity contribution in [2.24, 2.45) is 5.92 Å². The molecule has 0 amide bonds. The largest absolute Gasteiger partial charge is 0.344 e. The van der Waals surface area contributed by atoms with Gasteiger partial charge in [-0.25, -0.2) is 18.7 Å². The van der Waals surface area contributed by atoms with Gasteiger partial charge in [-0.1, -0.05) is 23.5 Å². The lowest BCUT2D eigenvalue weighted by atomic mass is 9.99. The SMILES string of the molecule is CC(C)N(C(C)C)P(OCOCOCSC(=O)CCN(C)C)N(C(C)C)C(C)CCC(C)N(C(C)C)P(OCOCOCSC(=O)C1CCN(C)CC1)N(C(C)C)C(C)C. The third-order valence-corrected chi connectivity index (χ3v) is 17.6. The molecule has 4 atom stereocenters. The highest BCUT2D eigenvalue weighted by atomic mass is 32.2. The van der Waals surface area contributed by atoms with Crippen molar-refractivity contribution in [1.29, 1.82) is 0 Å². The summed E-state index contributed by atoms with van der Waals surface area (Å²) in [6.07, 6.45) is 4.24. The highest BCUT2D eigenvalue weighted by Crippen LogP contribution is 2.53. The number of nitrogens with zero attached hydrogens (tertiary/aromatic N) is 6. The van der Waals surface area contributed by atoms with Crippen LogP contribution in [0.4, 0.5) is 0 Å². The van der Waals surface area contributed by atoms with E-state index < -0.39 is 16.9 Å². The van der Waals surface area contributed by atoms with E-state index in [4.69, 9.17) is 28.0 Å². The first-order valence-electron chi connectivity index (χ1n) is 22.2. The Balaban J connectivity index is 2.98. The molecule has 0 bridgehead atoms. The lowest BCUT2D eigenvalue weighted by Crippen LogP contribution is -2.46. The van der Waals surface area contributed by atoms with Crippen LogP contribution >= 0.6 is 40.4 Å². The average molecular weight is 931 g/mol. The average Bonchev–Trinajstić information content (AvgIpc) is 3.14. The third-order valence-electron chi connectivity index (χ3n) is 10.1. The van der Waals surface area contributed by atoms with Gasteiger partial charge in [0.05, 0.1) is 0 Å². The van der Waals surface area contributed by atoms with Crippen LogP contribution in [0.5, 0.6) is 0 Å². The number of hydrogen-bond acceptors (Lipinski definition) is 16. The van der Waals surface area contributed by atoms with Gasteiger partial charge in [0.2, 0.25) is 0 Å². The third kappa shape index (κ3) is 22.6. The molecule has 1 aliphatic heterocycles. The molecular formula is C42H88N6O8P2S2. The Bertz CT molecular complexity index is 1130. The topological polar surface area (TPSA) is 109 Å². The zero-order chi connectivity index (χ0) is 45.5. The van der Waals surface area contributed by atoms with Crippen LogP contribution < -0.4 is 0 Å². The maximum absolute atomic E-state index is 12.7. The van der Waals surface area contributed by atoms with Gasteiger partial charge in [-0.15, -0.1) is 0 Å². The molecule has 0 radical (unpaired) electrons. The van der Waals surface area contributed by atoms with Crippen molar-refractivity contribution in [3.05, 3.63) is 0 Å². The van der Waals surface area contributed by atoms with E-state index in [1.807, 2.05) is 19.0 Å². The Morgan fingerprint density at radius 2 is 0.967 bits per heavy atom. The molecule has 0 aliphatic carbocycles. The molecule has 0 saturated carbocycles. The quantitative estimate of drug-likeness (QED) is 0.0354. The predicted molar refractivity (Wildman–Crippen MR) is 254 cm³/mol. The highest BCUT2D eigenvalue weighted by Gasteiger charge is 2.38. The molecule has 14 nitrogen and oxygen atoms in total. The number of rotatable bonds is 33. The Morgan fingerprint density at radius 1 is 0.583 bits per heavy atom. The second kappa shape index (κ2) is 32.2. The van der Waals surface area contributed by atoms with E-state index in [0.29, 0.717) is 6.42 Å². The second-order valence-electron chi connectivity index (χ2n) is 17.8. The van der Waals surface area contributed by atoms with Gasteiger partial charge in [-0.05, 0) is 157 Å².